The molecule has 1 unspecified atom stereocenters. The lowest BCUT2D eigenvalue weighted by molar-refractivity contribution is -0.143. The molecule has 12 heteroatoms. The van der Waals surface area contributed by atoms with Gasteiger partial charge in [0.2, 0.25) is 0 Å². The van der Waals surface area contributed by atoms with E-state index >= 15 is 0 Å². The average molecular weight is 517 g/mol. The van der Waals surface area contributed by atoms with Crippen LogP contribution < -0.4 is 16.0 Å². The Balaban J connectivity index is 1.82. The number of carbonyl (C=O) groups excluding carboxylic acids is 2. The van der Waals surface area contributed by atoms with Gasteiger partial charge in [0.05, 0.1) is 29.9 Å². The summed E-state index contributed by atoms with van der Waals surface area (Å²) in [5, 5.41) is 7.98. The summed E-state index contributed by atoms with van der Waals surface area (Å²) in [6, 6.07) is 9.44. The highest BCUT2D eigenvalue weighted by Crippen LogP contribution is 2.36. The number of imide groups is 1. The third-order valence-electron chi connectivity index (χ3n) is 6.12. The number of benzene rings is 2. The van der Waals surface area contributed by atoms with Crippen molar-refractivity contribution < 1.29 is 40.7 Å². The molecule has 1 fully saturated rings. The topological polar surface area (TPSA) is 79.5 Å². The Morgan fingerprint density at radius 3 is 1.97 bits per heavy atom. The van der Waals surface area contributed by atoms with Crippen LogP contribution in [0.3, 0.4) is 0 Å². The van der Waals surface area contributed by atoms with Crippen LogP contribution in [0.25, 0.3) is 0 Å². The van der Waals surface area contributed by atoms with Crippen molar-refractivity contribution in [3.63, 3.8) is 0 Å². The van der Waals surface area contributed by atoms with Gasteiger partial charge in [-0.15, -0.1) is 0 Å². The molecule has 2 atom stereocenters. The van der Waals surface area contributed by atoms with Crippen LogP contribution in [0.1, 0.15) is 42.5 Å². The maximum Gasteiger partial charge on any atom is 0.416 e. The van der Waals surface area contributed by atoms with E-state index in [1.165, 1.54) is 0 Å². The summed E-state index contributed by atoms with van der Waals surface area (Å²) < 4.78 is 84.6. The van der Waals surface area contributed by atoms with E-state index in [4.69, 9.17) is 4.74 Å². The molecule has 1 heterocycles. The number of urea groups is 1. The summed E-state index contributed by atoms with van der Waals surface area (Å²) in [5.74, 6) is -0.512. The molecule has 0 bridgehead atoms. The molecule has 0 saturated carbocycles. The molecule has 196 valence electrons. The molecule has 0 aliphatic carbocycles. The minimum atomic E-state index is -4.96. The van der Waals surface area contributed by atoms with E-state index in [1.54, 1.807) is 44.2 Å². The van der Waals surface area contributed by atoms with Crippen LogP contribution in [-0.2, 0) is 34.0 Å². The molecule has 2 aromatic carbocycles. The molecule has 36 heavy (non-hydrogen) atoms. The Morgan fingerprint density at radius 1 is 0.917 bits per heavy atom. The monoisotopic (exact) mass is 517 g/mol. The van der Waals surface area contributed by atoms with Crippen LogP contribution in [0.4, 0.5) is 31.1 Å². The molecule has 0 aromatic heterocycles. The fourth-order valence-electron chi connectivity index (χ4n) is 3.89. The normalized spacial score (nSPS) is 20.1. The Bertz CT molecular complexity index is 1070. The van der Waals surface area contributed by atoms with E-state index in [0.29, 0.717) is 17.7 Å². The first-order valence-electron chi connectivity index (χ1n) is 11.0. The molecule has 3 rings (SSSR count). The zero-order valence-corrected chi connectivity index (χ0v) is 19.4. The quantitative estimate of drug-likeness (QED) is 0.332. The van der Waals surface area contributed by atoms with E-state index in [0.717, 1.165) is 0 Å². The van der Waals surface area contributed by atoms with E-state index in [-0.39, 0.29) is 31.2 Å². The highest BCUT2D eigenvalue weighted by Gasteiger charge is 2.46. The second kappa shape index (κ2) is 10.1. The predicted molar refractivity (Wildman–Crippen MR) is 118 cm³/mol. The van der Waals surface area contributed by atoms with Crippen LogP contribution in [-0.4, -0.2) is 30.6 Å². The van der Waals surface area contributed by atoms with Crippen LogP contribution in [0.2, 0.25) is 0 Å². The van der Waals surface area contributed by atoms with Crippen molar-refractivity contribution in [1.82, 2.24) is 16.0 Å². The predicted octanol–water partition coefficient (Wildman–Crippen LogP) is 4.73. The second-order valence-electron chi connectivity index (χ2n) is 8.80. The van der Waals surface area contributed by atoms with Crippen LogP contribution >= 0.6 is 0 Å². The van der Waals surface area contributed by atoms with Crippen molar-refractivity contribution in [3.05, 3.63) is 70.8 Å². The van der Waals surface area contributed by atoms with E-state index in [9.17, 15) is 35.9 Å². The van der Waals surface area contributed by atoms with Gasteiger partial charge >= 0.3 is 18.4 Å². The van der Waals surface area contributed by atoms with Crippen molar-refractivity contribution in [1.29, 1.82) is 0 Å². The van der Waals surface area contributed by atoms with Gasteiger partial charge in [0, 0.05) is 6.54 Å². The zero-order valence-electron chi connectivity index (χ0n) is 19.4. The lowest BCUT2D eigenvalue weighted by atomic mass is 9.89. The summed E-state index contributed by atoms with van der Waals surface area (Å²) >= 11 is 0. The largest absolute Gasteiger partial charge is 0.416 e. The number of alkyl halides is 6. The van der Waals surface area contributed by atoms with Gasteiger partial charge in [-0.3, -0.25) is 10.1 Å². The Labute approximate surface area is 203 Å². The van der Waals surface area contributed by atoms with Gasteiger partial charge in [0.25, 0.3) is 5.91 Å². The van der Waals surface area contributed by atoms with Gasteiger partial charge < -0.3 is 15.4 Å². The molecule has 3 N–H and O–H groups in total. The zero-order chi connectivity index (χ0) is 26.8. The molecule has 6 nitrogen and oxygen atoms in total. The maximum absolute atomic E-state index is 13.2. The molecule has 1 aliphatic heterocycles. The van der Waals surface area contributed by atoms with Gasteiger partial charge in [-0.1, -0.05) is 37.3 Å². The van der Waals surface area contributed by atoms with Crippen LogP contribution in [0.5, 0.6) is 0 Å². The van der Waals surface area contributed by atoms with E-state index < -0.39 is 53.1 Å². The Kier molecular flexibility index (Phi) is 7.70. The lowest BCUT2D eigenvalue weighted by Gasteiger charge is -2.35. The van der Waals surface area contributed by atoms with Crippen molar-refractivity contribution in [2.75, 3.05) is 13.2 Å². The summed E-state index contributed by atoms with van der Waals surface area (Å²) in [6.45, 7) is 2.75. The lowest BCUT2D eigenvalue weighted by Crippen LogP contribution is -2.58. The van der Waals surface area contributed by atoms with Crippen LogP contribution in [0.15, 0.2) is 48.5 Å². The fraction of sp³-hybridized carbons (Fsp3) is 0.417. The van der Waals surface area contributed by atoms with Crippen molar-refractivity contribution in [3.8, 4) is 0 Å². The van der Waals surface area contributed by atoms with Gasteiger partial charge in [0.15, 0.2) is 0 Å². The SMILES string of the molecule is CCC1(CN[C@](C)(COCc2cc(C(F)(F)F)cc(C(F)(F)F)c2)c2ccccc2)NC(=O)NC1=O. The number of halogens is 6. The molecular weight excluding hydrogens is 492 g/mol. The first-order valence-corrected chi connectivity index (χ1v) is 11.0. The molecule has 1 aliphatic rings. The fourth-order valence-corrected chi connectivity index (χ4v) is 3.89. The summed E-state index contributed by atoms with van der Waals surface area (Å²) in [5.41, 5.74) is -4.68. The molecular formula is C24H25F6N3O3. The first-order chi connectivity index (χ1) is 16.7. The smallest absolute Gasteiger partial charge is 0.375 e. The summed E-state index contributed by atoms with van der Waals surface area (Å²) in [4.78, 5) is 24.1. The van der Waals surface area contributed by atoms with Crippen molar-refractivity contribution >= 4 is 11.9 Å². The highest BCUT2D eigenvalue weighted by atomic mass is 19.4. The van der Waals surface area contributed by atoms with Gasteiger partial charge in [-0.25, -0.2) is 4.79 Å². The number of rotatable bonds is 9. The standard InChI is InChI=1S/C24H25F6N3O3/c1-3-22(19(34)32-20(35)33-22)13-31-21(2,16-7-5-4-6-8-16)14-36-12-15-9-17(23(25,26)27)11-18(10-15)24(28,29)30/h4-11,31H,3,12-14H2,1-2H3,(H2,32,33,34,35)/t21-,22?/m1/s1. The third-order valence-corrected chi connectivity index (χ3v) is 6.12. The Hall–Kier alpha value is -3.12. The third kappa shape index (κ3) is 6.16. The molecule has 2 aromatic rings. The van der Waals surface area contributed by atoms with Crippen LogP contribution in [0, 0.1) is 0 Å². The molecule has 3 amide bonds. The van der Waals surface area contributed by atoms with E-state index in [2.05, 4.69) is 16.0 Å². The average Bonchev–Trinajstić information content (AvgIpc) is 3.10. The van der Waals surface area contributed by atoms with Gasteiger partial charge in [-0.05, 0) is 42.7 Å². The van der Waals surface area contributed by atoms with E-state index in [1.807, 2.05) is 0 Å². The minimum absolute atomic E-state index is 0.00237. The number of nitrogens with one attached hydrogen (secondary N) is 3. The number of amides is 3. The van der Waals surface area contributed by atoms with Gasteiger partial charge in [-0.2, -0.15) is 26.3 Å². The first kappa shape index (κ1) is 27.5. The number of hydrogen-bond donors (Lipinski definition) is 3. The highest BCUT2D eigenvalue weighted by molar-refractivity contribution is 6.07. The molecule has 1 saturated heterocycles. The molecule has 0 spiro atoms. The summed E-state index contributed by atoms with van der Waals surface area (Å²) in [6.07, 6.45) is -9.65. The number of carbonyl (C=O) groups is 2. The second-order valence-corrected chi connectivity index (χ2v) is 8.80. The van der Waals surface area contributed by atoms with Gasteiger partial charge in [0.1, 0.15) is 5.54 Å². The number of ether oxygens (including phenoxy) is 1. The summed E-state index contributed by atoms with van der Waals surface area (Å²) in [7, 11) is 0. The number of hydrogen-bond acceptors (Lipinski definition) is 4. The maximum atomic E-state index is 13.2. The molecule has 0 radical (unpaired) electrons. The Morgan fingerprint density at radius 2 is 1.50 bits per heavy atom. The van der Waals surface area contributed by atoms with Crippen molar-refractivity contribution in [2.45, 2.75) is 50.3 Å². The van der Waals surface area contributed by atoms with Crippen molar-refractivity contribution in [2.24, 2.45) is 0 Å². The minimum Gasteiger partial charge on any atom is -0.375 e.